The van der Waals surface area contributed by atoms with Crippen LogP contribution in [0.5, 0.6) is 0 Å². The molecular weight excluding hydrogens is 262 g/mol. The molecule has 1 aromatic rings. The van der Waals surface area contributed by atoms with Gasteiger partial charge in [-0.3, -0.25) is 14.4 Å². The summed E-state index contributed by atoms with van der Waals surface area (Å²) >= 11 is 0. The second kappa shape index (κ2) is 7.25. The molecule has 0 saturated heterocycles. The van der Waals surface area contributed by atoms with E-state index in [-0.39, 0.29) is 13.0 Å². The topological polar surface area (TPSA) is 136 Å². The van der Waals surface area contributed by atoms with E-state index in [4.69, 9.17) is 16.6 Å². The number of carbonyl (C=O) groups is 3. The van der Waals surface area contributed by atoms with E-state index in [1.807, 2.05) is 0 Å². The minimum absolute atomic E-state index is 0.107. The molecule has 0 heterocycles. The number of hydrogen-bond donors (Lipinski definition) is 4. The van der Waals surface area contributed by atoms with Crippen molar-refractivity contribution in [2.45, 2.75) is 18.4 Å². The molecule has 0 aliphatic carbocycles. The maximum absolute atomic E-state index is 11.6. The Morgan fingerprint density at radius 1 is 1.20 bits per heavy atom. The highest BCUT2D eigenvalue weighted by Gasteiger charge is 2.22. The van der Waals surface area contributed by atoms with Crippen molar-refractivity contribution in [3.05, 3.63) is 35.9 Å². The molecule has 1 rings (SSSR count). The smallest absolute Gasteiger partial charge is 0.312 e. The molecule has 0 saturated carbocycles. The average Bonchev–Trinajstić information content (AvgIpc) is 2.38. The molecule has 7 nitrogen and oxygen atoms in total. The van der Waals surface area contributed by atoms with Crippen LogP contribution in [0.4, 0.5) is 0 Å². The largest absolute Gasteiger partial charge is 0.481 e. The highest BCUT2D eigenvalue weighted by Crippen LogP contribution is 2.14. The predicted octanol–water partition coefficient (Wildman–Crippen LogP) is -0.826. The van der Waals surface area contributed by atoms with Crippen molar-refractivity contribution in [3.63, 3.8) is 0 Å². The molecule has 0 bridgehead atoms. The molecule has 0 radical (unpaired) electrons. The fraction of sp³-hybridized carbons (Fsp3) is 0.308. The molecule has 0 fully saturated rings. The zero-order valence-corrected chi connectivity index (χ0v) is 10.8. The number of aliphatic carboxylic acids is 1. The highest BCUT2D eigenvalue weighted by atomic mass is 16.4. The van der Waals surface area contributed by atoms with Gasteiger partial charge in [-0.25, -0.2) is 0 Å². The lowest BCUT2D eigenvalue weighted by Gasteiger charge is -2.15. The molecule has 2 unspecified atom stereocenters. The zero-order chi connectivity index (χ0) is 15.1. The highest BCUT2D eigenvalue weighted by molar-refractivity contribution is 5.88. The van der Waals surface area contributed by atoms with Crippen LogP contribution in [0, 0.1) is 0 Å². The van der Waals surface area contributed by atoms with Crippen molar-refractivity contribution in [2.75, 3.05) is 6.54 Å². The SMILES string of the molecule is NC(=O)CC(N)C(=O)NCC(C(=O)O)c1ccccc1. The van der Waals surface area contributed by atoms with Crippen LogP contribution in [0.15, 0.2) is 30.3 Å². The van der Waals surface area contributed by atoms with Crippen LogP contribution in [-0.2, 0) is 14.4 Å². The van der Waals surface area contributed by atoms with E-state index in [1.165, 1.54) is 0 Å². The molecular formula is C13H17N3O4. The minimum atomic E-state index is -1.07. The van der Waals surface area contributed by atoms with Gasteiger partial charge in [0.1, 0.15) is 0 Å². The summed E-state index contributed by atoms with van der Waals surface area (Å²) in [6.07, 6.45) is -0.283. The van der Waals surface area contributed by atoms with Gasteiger partial charge in [-0.05, 0) is 5.56 Å². The lowest BCUT2D eigenvalue weighted by atomic mass is 9.99. The summed E-state index contributed by atoms with van der Waals surface area (Å²) in [6.45, 7) is -0.107. The summed E-state index contributed by atoms with van der Waals surface area (Å²) in [4.78, 5) is 33.5. The molecule has 20 heavy (non-hydrogen) atoms. The van der Waals surface area contributed by atoms with Crippen molar-refractivity contribution in [1.29, 1.82) is 0 Å². The molecule has 2 atom stereocenters. The Hall–Kier alpha value is -2.41. The first-order valence-electron chi connectivity index (χ1n) is 6.01. The second-order valence-corrected chi connectivity index (χ2v) is 4.32. The number of nitrogens with one attached hydrogen (secondary N) is 1. The number of primary amides is 1. The van der Waals surface area contributed by atoms with Gasteiger partial charge in [0.15, 0.2) is 0 Å². The molecule has 2 amide bonds. The summed E-state index contributed by atoms with van der Waals surface area (Å²) in [5.74, 6) is -3.22. The Morgan fingerprint density at radius 3 is 2.30 bits per heavy atom. The minimum Gasteiger partial charge on any atom is -0.481 e. The van der Waals surface area contributed by atoms with Crippen LogP contribution in [-0.4, -0.2) is 35.5 Å². The monoisotopic (exact) mass is 279 g/mol. The van der Waals surface area contributed by atoms with Crippen molar-refractivity contribution < 1.29 is 19.5 Å². The summed E-state index contributed by atoms with van der Waals surface area (Å²) in [7, 11) is 0. The maximum atomic E-state index is 11.6. The zero-order valence-electron chi connectivity index (χ0n) is 10.8. The fourth-order valence-electron chi connectivity index (χ4n) is 1.68. The van der Waals surface area contributed by atoms with E-state index in [2.05, 4.69) is 5.32 Å². The van der Waals surface area contributed by atoms with Gasteiger partial charge >= 0.3 is 5.97 Å². The van der Waals surface area contributed by atoms with Crippen LogP contribution in [0.1, 0.15) is 17.9 Å². The summed E-state index contributed by atoms with van der Waals surface area (Å²) in [6, 6.07) is 7.45. The van der Waals surface area contributed by atoms with Crippen molar-refractivity contribution in [3.8, 4) is 0 Å². The van der Waals surface area contributed by atoms with E-state index in [0.717, 1.165) is 0 Å². The Balaban J connectivity index is 2.63. The van der Waals surface area contributed by atoms with E-state index >= 15 is 0 Å². The number of benzene rings is 1. The number of carboxylic acid groups (broad SMARTS) is 1. The van der Waals surface area contributed by atoms with Crippen LogP contribution in [0.2, 0.25) is 0 Å². The van der Waals surface area contributed by atoms with Gasteiger partial charge in [0, 0.05) is 6.54 Å². The van der Waals surface area contributed by atoms with Gasteiger partial charge in [-0.1, -0.05) is 30.3 Å². The molecule has 0 spiro atoms. The molecule has 7 heteroatoms. The summed E-state index contributed by atoms with van der Waals surface area (Å²) in [5, 5.41) is 11.6. The summed E-state index contributed by atoms with van der Waals surface area (Å²) in [5.41, 5.74) is 11.0. The van der Waals surface area contributed by atoms with Crippen molar-refractivity contribution in [1.82, 2.24) is 5.32 Å². The normalized spacial score (nSPS) is 13.2. The van der Waals surface area contributed by atoms with Crippen molar-refractivity contribution in [2.24, 2.45) is 11.5 Å². The van der Waals surface area contributed by atoms with Crippen LogP contribution in [0.3, 0.4) is 0 Å². The number of nitrogens with two attached hydrogens (primary N) is 2. The van der Waals surface area contributed by atoms with E-state index in [9.17, 15) is 14.4 Å². The number of carbonyl (C=O) groups excluding carboxylic acids is 2. The predicted molar refractivity (Wildman–Crippen MR) is 71.6 cm³/mol. The first-order valence-corrected chi connectivity index (χ1v) is 6.01. The average molecular weight is 279 g/mol. The van der Waals surface area contributed by atoms with E-state index < -0.39 is 29.7 Å². The van der Waals surface area contributed by atoms with Crippen LogP contribution < -0.4 is 16.8 Å². The molecule has 6 N–H and O–H groups in total. The van der Waals surface area contributed by atoms with Gasteiger partial charge < -0.3 is 21.9 Å². The van der Waals surface area contributed by atoms with Gasteiger partial charge in [-0.2, -0.15) is 0 Å². The number of rotatable bonds is 7. The number of carboxylic acids is 1. The first kappa shape index (κ1) is 15.6. The third-order valence-corrected chi connectivity index (χ3v) is 2.74. The molecule has 108 valence electrons. The molecule has 0 aliphatic heterocycles. The molecule has 0 aliphatic rings. The number of hydrogen-bond acceptors (Lipinski definition) is 4. The maximum Gasteiger partial charge on any atom is 0.312 e. The number of amides is 2. The van der Waals surface area contributed by atoms with E-state index in [1.54, 1.807) is 30.3 Å². The third kappa shape index (κ3) is 4.69. The van der Waals surface area contributed by atoms with Gasteiger partial charge in [-0.15, -0.1) is 0 Å². The third-order valence-electron chi connectivity index (χ3n) is 2.74. The first-order chi connectivity index (χ1) is 9.41. The molecule has 1 aromatic carbocycles. The Morgan fingerprint density at radius 2 is 1.80 bits per heavy atom. The quantitative estimate of drug-likeness (QED) is 0.516. The van der Waals surface area contributed by atoms with Crippen LogP contribution in [0.25, 0.3) is 0 Å². The Kier molecular flexibility index (Phi) is 5.67. The Labute approximate surface area is 115 Å². The summed E-state index contributed by atoms with van der Waals surface area (Å²) < 4.78 is 0. The Bertz CT molecular complexity index is 490. The van der Waals surface area contributed by atoms with Gasteiger partial charge in [0.2, 0.25) is 11.8 Å². The standard InChI is InChI=1S/C13H17N3O4/c14-10(6-11(15)17)12(18)16-7-9(13(19)20)8-4-2-1-3-5-8/h1-5,9-10H,6-7,14H2,(H2,15,17)(H,16,18)(H,19,20). The lowest BCUT2D eigenvalue weighted by molar-refractivity contribution is -0.138. The van der Waals surface area contributed by atoms with E-state index in [0.29, 0.717) is 5.56 Å². The van der Waals surface area contributed by atoms with Crippen LogP contribution >= 0.6 is 0 Å². The van der Waals surface area contributed by atoms with Crippen molar-refractivity contribution >= 4 is 17.8 Å². The fourth-order valence-corrected chi connectivity index (χ4v) is 1.68. The molecule has 0 aromatic heterocycles. The van der Waals surface area contributed by atoms with Gasteiger partial charge in [0.25, 0.3) is 0 Å². The lowest BCUT2D eigenvalue weighted by Crippen LogP contribution is -2.44. The van der Waals surface area contributed by atoms with Gasteiger partial charge in [0.05, 0.1) is 18.4 Å². The second-order valence-electron chi connectivity index (χ2n) is 4.32.